The molecule has 1 saturated heterocycles. The molecule has 164 valence electrons. The van der Waals surface area contributed by atoms with Crippen molar-refractivity contribution in [1.29, 1.82) is 0 Å². The quantitative estimate of drug-likeness (QED) is 0.614. The zero-order chi connectivity index (χ0) is 22.3. The molecule has 1 aliphatic rings. The molecule has 3 aromatic rings. The van der Waals surface area contributed by atoms with Crippen molar-refractivity contribution in [2.75, 3.05) is 25.0 Å². The van der Waals surface area contributed by atoms with E-state index >= 15 is 0 Å². The van der Waals surface area contributed by atoms with Crippen molar-refractivity contribution in [2.24, 2.45) is 7.05 Å². The van der Waals surface area contributed by atoms with Gasteiger partial charge in [0, 0.05) is 44.9 Å². The Balaban J connectivity index is 1.51. The molecule has 0 saturated carbocycles. The second-order valence-corrected chi connectivity index (χ2v) is 9.27. The highest BCUT2D eigenvalue weighted by Crippen LogP contribution is 2.34. The predicted octanol–water partition coefficient (Wildman–Crippen LogP) is 4.63. The molecule has 4 rings (SSSR count). The van der Waals surface area contributed by atoms with Gasteiger partial charge in [0.1, 0.15) is 16.9 Å². The molecule has 0 radical (unpaired) electrons. The molecule has 0 unspecified atom stereocenters. The van der Waals surface area contributed by atoms with Crippen LogP contribution < -0.4 is 4.90 Å². The summed E-state index contributed by atoms with van der Waals surface area (Å²) < 4.78 is 7.48. The molecule has 1 fully saturated rings. The summed E-state index contributed by atoms with van der Waals surface area (Å²) in [7, 11) is 4.04. The Morgan fingerprint density at radius 2 is 1.97 bits per heavy atom. The molecule has 1 aliphatic heterocycles. The van der Waals surface area contributed by atoms with Crippen LogP contribution in [0.3, 0.4) is 0 Å². The number of hydrogen-bond donors (Lipinski definition) is 0. The molecule has 7 nitrogen and oxygen atoms in total. The Labute approximate surface area is 183 Å². The van der Waals surface area contributed by atoms with Crippen molar-refractivity contribution in [2.45, 2.75) is 45.6 Å². The lowest BCUT2D eigenvalue weighted by Crippen LogP contribution is -2.50. The topological polar surface area (TPSA) is 63.5 Å². The van der Waals surface area contributed by atoms with Crippen molar-refractivity contribution in [3.05, 3.63) is 47.9 Å². The molecule has 0 bridgehead atoms. The summed E-state index contributed by atoms with van der Waals surface area (Å²) in [6.45, 7) is 9.25. The number of aryl methyl sites for hydroxylation is 2. The third-order valence-electron chi connectivity index (χ3n) is 5.79. The zero-order valence-corrected chi connectivity index (χ0v) is 19.2. The van der Waals surface area contributed by atoms with E-state index in [1.165, 1.54) is 11.1 Å². The summed E-state index contributed by atoms with van der Waals surface area (Å²) >= 11 is 0. The number of pyridine rings is 1. The minimum Gasteiger partial charge on any atom is -0.444 e. The van der Waals surface area contributed by atoms with E-state index < -0.39 is 5.60 Å². The van der Waals surface area contributed by atoms with Crippen LogP contribution in [0.25, 0.3) is 11.0 Å². The third kappa shape index (κ3) is 4.22. The fourth-order valence-electron chi connectivity index (χ4n) is 3.96. The van der Waals surface area contributed by atoms with E-state index in [4.69, 9.17) is 4.74 Å². The van der Waals surface area contributed by atoms with Gasteiger partial charge in [0.05, 0.1) is 18.0 Å². The van der Waals surface area contributed by atoms with Crippen LogP contribution in [-0.4, -0.2) is 51.3 Å². The lowest BCUT2D eigenvalue weighted by atomic mass is 9.89. The molecular weight excluding hydrogens is 390 g/mol. The molecule has 1 amide bonds. The number of nitrogens with zero attached hydrogens (tertiary/aromatic N) is 5. The van der Waals surface area contributed by atoms with E-state index in [1.54, 1.807) is 4.90 Å². The van der Waals surface area contributed by atoms with Gasteiger partial charge in [-0.2, -0.15) is 0 Å². The number of fused-ring (bicyclic) bond motifs is 1. The average Bonchev–Trinajstić information content (AvgIpc) is 3.05. The summed E-state index contributed by atoms with van der Waals surface area (Å²) in [5.74, 6) is 1.24. The van der Waals surface area contributed by atoms with Crippen LogP contribution in [0.5, 0.6) is 0 Å². The van der Waals surface area contributed by atoms with E-state index in [0.29, 0.717) is 19.0 Å². The van der Waals surface area contributed by atoms with Gasteiger partial charge in [-0.1, -0.05) is 19.1 Å². The fraction of sp³-hybridized carbons (Fsp3) is 0.458. The van der Waals surface area contributed by atoms with Gasteiger partial charge in [0.15, 0.2) is 0 Å². The Bertz CT molecular complexity index is 1110. The molecule has 2 aromatic heterocycles. The second-order valence-electron chi connectivity index (χ2n) is 9.27. The predicted molar refractivity (Wildman–Crippen MR) is 123 cm³/mol. The van der Waals surface area contributed by atoms with E-state index in [1.807, 2.05) is 52.0 Å². The number of anilines is 2. The molecule has 31 heavy (non-hydrogen) atoms. The summed E-state index contributed by atoms with van der Waals surface area (Å²) in [5.41, 5.74) is 5.17. The minimum atomic E-state index is -0.462. The molecular formula is C24H31N5O2. The van der Waals surface area contributed by atoms with Gasteiger partial charge < -0.3 is 19.1 Å². The normalized spacial score (nSPS) is 14.6. The number of carbonyl (C=O) groups excluding carboxylic acids is 1. The molecule has 1 aromatic carbocycles. The first kappa shape index (κ1) is 21.2. The van der Waals surface area contributed by atoms with Gasteiger partial charge in [-0.3, -0.25) is 0 Å². The van der Waals surface area contributed by atoms with Crippen LogP contribution >= 0.6 is 0 Å². The van der Waals surface area contributed by atoms with Crippen molar-refractivity contribution in [3.63, 3.8) is 0 Å². The number of rotatable bonds is 4. The molecule has 0 spiro atoms. The zero-order valence-electron chi connectivity index (χ0n) is 19.2. The fourth-order valence-corrected chi connectivity index (χ4v) is 3.96. The molecule has 0 N–H and O–H groups in total. The largest absolute Gasteiger partial charge is 0.444 e. The average molecular weight is 422 g/mol. The maximum atomic E-state index is 12.2. The number of ether oxygens (including phenoxy) is 1. The Morgan fingerprint density at radius 3 is 2.65 bits per heavy atom. The SMILES string of the molecule is CCc1cc(C2CN(C(=O)OC(C)(C)C)C2)ccc1N(C)c1cc2c(cn1)ncn2C. The third-order valence-corrected chi connectivity index (χ3v) is 5.79. The highest BCUT2D eigenvalue weighted by molar-refractivity contribution is 5.79. The minimum absolute atomic E-state index is 0.229. The van der Waals surface area contributed by atoms with Gasteiger partial charge in [-0.05, 0) is 44.4 Å². The van der Waals surface area contributed by atoms with E-state index in [0.717, 1.165) is 29.0 Å². The Hall–Kier alpha value is -3.09. The lowest BCUT2D eigenvalue weighted by molar-refractivity contribution is 0.00819. The van der Waals surface area contributed by atoms with Crippen molar-refractivity contribution < 1.29 is 9.53 Å². The number of imidazole rings is 1. The highest BCUT2D eigenvalue weighted by atomic mass is 16.6. The van der Waals surface area contributed by atoms with Crippen LogP contribution in [0.4, 0.5) is 16.3 Å². The van der Waals surface area contributed by atoms with Crippen LogP contribution in [0.2, 0.25) is 0 Å². The van der Waals surface area contributed by atoms with Crippen molar-refractivity contribution in [1.82, 2.24) is 19.4 Å². The van der Waals surface area contributed by atoms with Gasteiger partial charge in [0.25, 0.3) is 0 Å². The van der Waals surface area contributed by atoms with Gasteiger partial charge in [-0.25, -0.2) is 14.8 Å². The van der Waals surface area contributed by atoms with Crippen LogP contribution in [0, 0.1) is 0 Å². The first-order chi connectivity index (χ1) is 14.7. The number of likely N-dealkylation sites (tertiary alicyclic amines) is 1. The Morgan fingerprint density at radius 1 is 1.23 bits per heavy atom. The summed E-state index contributed by atoms with van der Waals surface area (Å²) in [4.78, 5) is 25.1. The smallest absolute Gasteiger partial charge is 0.410 e. The van der Waals surface area contributed by atoms with E-state index in [2.05, 4.69) is 46.1 Å². The number of aromatic nitrogens is 3. The Kier molecular flexibility index (Phi) is 5.37. The first-order valence-electron chi connectivity index (χ1n) is 10.8. The van der Waals surface area contributed by atoms with E-state index in [9.17, 15) is 4.79 Å². The number of hydrogen-bond acceptors (Lipinski definition) is 5. The van der Waals surface area contributed by atoms with Gasteiger partial charge in [0.2, 0.25) is 0 Å². The van der Waals surface area contributed by atoms with Crippen LogP contribution in [0.15, 0.2) is 36.8 Å². The summed E-state index contributed by atoms with van der Waals surface area (Å²) in [6, 6.07) is 8.68. The summed E-state index contributed by atoms with van der Waals surface area (Å²) in [6.07, 6.45) is 4.32. The molecule has 7 heteroatoms. The number of benzene rings is 1. The summed E-state index contributed by atoms with van der Waals surface area (Å²) in [5, 5.41) is 0. The molecule has 0 atom stereocenters. The number of amides is 1. The monoisotopic (exact) mass is 421 g/mol. The van der Waals surface area contributed by atoms with Crippen molar-refractivity contribution >= 4 is 28.6 Å². The van der Waals surface area contributed by atoms with Gasteiger partial charge >= 0.3 is 6.09 Å². The van der Waals surface area contributed by atoms with E-state index in [-0.39, 0.29) is 6.09 Å². The second kappa shape index (κ2) is 7.87. The maximum Gasteiger partial charge on any atom is 0.410 e. The molecule has 0 aliphatic carbocycles. The van der Waals surface area contributed by atoms with Crippen molar-refractivity contribution in [3.8, 4) is 0 Å². The maximum absolute atomic E-state index is 12.2. The molecule has 3 heterocycles. The standard InChI is InChI=1S/C24H31N5O2/c1-7-16-10-17(18-13-29(14-18)23(30)31-24(2,3)4)8-9-20(16)28(6)22-11-21-19(12-25-22)26-15-27(21)5/h8-12,15,18H,7,13-14H2,1-6H3. The van der Waals surface area contributed by atoms with Crippen LogP contribution in [0.1, 0.15) is 44.7 Å². The first-order valence-corrected chi connectivity index (χ1v) is 10.8. The highest BCUT2D eigenvalue weighted by Gasteiger charge is 2.34. The van der Waals surface area contributed by atoms with Crippen LogP contribution in [-0.2, 0) is 18.2 Å². The van der Waals surface area contributed by atoms with Gasteiger partial charge in [-0.15, -0.1) is 0 Å². The number of carbonyl (C=O) groups is 1. The lowest BCUT2D eigenvalue weighted by Gasteiger charge is -2.40.